The number of carbonyl (C=O) groups is 1. The van der Waals surface area contributed by atoms with Gasteiger partial charge in [-0.15, -0.1) is 0 Å². The second kappa shape index (κ2) is 6.62. The van der Waals surface area contributed by atoms with E-state index in [4.69, 9.17) is 4.74 Å². The van der Waals surface area contributed by atoms with E-state index in [2.05, 4.69) is 11.9 Å². The first kappa shape index (κ1) is 12.2. The summed E-state index contributed by atoms with van der Waals surface area (Å²) in [4.78, 5) is 11.4. The van der Waals surface area contributed by atoms with Crippen LogP contribution in [-0.2, 0) is 9.53 Å². The van der Waals surface area contributed by atoms with Gasteiger partial charge < -0.3 is 10.1 Å². The van der Waals surface area contributed by atoms with Crippen molar-refractivity contribution in [3.05, 3.63) is 12.2 Å². The van der Waals surface area contributed by atoms with Crippen molar-refractivity contribution in [3.63, 3.8) is 0 Å². The molecule has 0 spiro atoms. The van der Waals surface area contributed by atoms with Crippen molar-refractivity contribution < 1.29 is 9.53 Å². The summed E-state index contributed by atoms with van der Waals surface area (Å²) >= 11 is 0. The fraction of sp³-hybridized carbons (Fsp3) is 0.750. The Morgan fingerprint density at radius 1 is 1.53 bits per heavy atom. The molecule has 0 bridgehead atoms. The molecule has 3 nitrogen and oxygen atoms in total. The van der Waals surface area contributed by atoms with E-state index in [-0.39, 0.29) is 5.91 Å². The van der Waals surface area contributed by atoms with Gasteiger partial charge in [0.1, 0.15) is 0 Å². The summed E-state index contributed by atoms with van der Waals surface area (Å²) in [7, 11) is 0. The lowest BCUT2D eigenvalue weighted by Gasteiger charge is -2.22. The minimum atomic E-state index is 0.104. The van der Waals surface area contributed by atoms with Gasteiger partial charge in [0.2, 0.25) is 5.91 Å². The van der Waals surface area contributed by atoms with Gasteiger partial charge in [-0.1, -0.05) is 12.2 Å². The first-order chi connectivity index (χ1) is 7.18. The third kappa shape index (κ3) is 5.57. The Labute approximate surface area is 91.9 Å². The molecule has 1 atom stereocenters. The second-order valence-corrected chi connectivity index (χ2v) is 4.26. The van der Waals surface area contributed by atoms with E-state index < -0.39 is 0 Å². The predicted molar refractivity (Wildman–Crippen MR) is 60.6 cm³/mol. The van der Waals surface area contributed by atoms with Crippen LogP contribution in [-0.4, -0.2) is 25.2 Å². The van der Waals surface area contributed by atoms with Crippen molar-refractivity contribution in [2.45, 2.75) is 45.1 Å². The molecule has 0 aromatic heterocycles. The number of hydrogen-bond donors (Lipinski definition) is 1. The van der Waals surface area contributed by atoms with Crippen LogP contribution in [0, 0.1) is 0 Å². The van der Waals surface area contributed by atoms with Gasteiger partial charge in [-0.25, -0.2) is 0 Å². The molecule has 0 aliphatic carbocycles. The van der Waals surface area contributed by atoms with Crippen LogP contribution in [0.4, 0.5) is 0 Å². The summed E-state index contributed by atoms with van der Waals surface area (Å²) < 4.78 is 5.56. The van der Waals surface area contributed by atoms with Crippen molar-refractivity contribution in [2.24, 2.45) is 0 Å². The fourth-order valence-electron chi connectivity index (χ4n) is 1.67. The van der Waals surface area contributed by atoms with E-state index in [0.717, 1.165) is 25.0 Å². The maximum absolute atomic E-state index is 11.4. The lowest BCUT2D eigenvalue weighted by molar-refractivity contribution is -0.121. The lowest BCUT2D eigenvalue weighted by Crippen LogP contribution is -2.27. The topological polar surface area (TPSA) is 38.3 Å². The highest BCUT2D eigenvalue weighted by molar-refractivity contribution is 5.76. The van der Waals surface area contributed by atoms with Gasteiger partial charge in [0.25, 0.3) is 0 Å². The van der Waals surface area contributed by atoms with Crippen LogP contribution >= 0.6 is 0 Å². The third-order valence-electron chi connectivity index (χ3n) is 2.55. The summed E-state index contributed by atoms with van der Waals surface area (Å²) in [5, 5.41) is 2.83. The van der Waals surface area contributed by atoms with Crippen molar-refractivity contribution in [1.29, 1.82) is 0 Å². The van der Waals surface area contributed by atoms with E-state index in [1.165, 1.54) is 12.8 Å². The second-order valence-electron chi connectivity index (χ2n) is 4.26. The van der Waals surface area contributed by atoms with Gasteiger partial charge >= 0.3 is 0 Å². The number of nitrogens with one attached hydrogen (secondary N) is 1. The molecule has 1 unspecified atom stereocenters. The van der Waals surface area contributed by atoms with Crippen molar-refractivity contribution in [1.82, 2.24) is 5.32 Å². The predicted octanol–water partition coefficient (Wildman–Crippen LogP) is 2.03. The molecular formula is C12H21NO2. The van der Waals surface area contributed by atoms with E-state index in [1.807, 2.05) is 6.92 Å². The Morgan fingerprint density at radius 2 is 2.33 bits per heavy atom. The van der Waals surface area contributed by atoms with E-state index in [1.54, 1.807) is 0 Å². The SMILES string of the molecule is C=C(C)CNC(=O)CCC1CCCCO1. The summed E-state index contributed by atoms with van der Waals surface area (Å²) in [6.07, 6.45) is 5.22. The normalized spacial score (nSPS) is 21.0. The molecular weight excluding hydrogens is 190 g/mol. The number of rotatable bonds is 5. The number of amides is 1. The highest BCUT2D eigenvalue weighted by atomic mass is 16.5. The molecule has 86 valence electrons. The Balaban J connectivity index is 2.07. The van der Waals surface area contributed by atoms with Crippen molar-refractivity contribution in [2.75, 3.05) is 13.2 Å². The average Bonchev–Trinajstić information content (AvgIpc) is 2.25. The molecule has 0 aromatic carbocycles. The monoisotopic (exact) mass is 211 g/mol. The van der Waals surface area contributed by atoms with Crippen LogP contribution in [0.1, 0.15) is 39.0 Å². The number of hydrogen-bond acceptors (Lipinski definition) is 2. The van der Waals surface area contributed by atoms with Crippen LogP contribution in [0.2, 0.25) is 0 Å². The zero-order valence-electron chi connectivity index (χ0n) is 9.55. The molecule has 1 amide bonds. The fourth-order valence-corrected chi connectivity index (χ4v) is 1.67. The largest absolute Gasteiger partial charge is 0.378 e. The molecule has 1 fully saturated rings. The molecule has 1 N–H and O–H groups in total. The van der Waals surface area contributed by atoms with Gasteiger partial charge in [-0.3, -0.25) is 4.79 Å². The Hall–Kier alpha value is -0.830. The molecule has 1 saturated heterocycles. The molecule has 1 aliphatic rings. The molecule has 1 heterocycles. The van der Waals surface area contributed by atoms with Crippen LogP contribution in [0.15, 0.2) is 12.2 Å². The Kier molecular flexibility index (Phi) is 5.40. The van der Waals surface area contributed by atoms with Gasteiger partial charge in [0.05, 0.1) is 6.10 Å². The molecule has 1 aliphatic heterocycles. The summed E-state index contributed by atoms with van der Waals surface area (Å²) in [6.45, 7) is 7.09. The summed E-state index contributed by atoms with van der Waals surface area (Å²) in [6, 6.07) is 0. The number of carbonyl (C=O) groups excluding carboxylic acids is 1. The van der Waals surface area contributed by atoms with Crippen LogP contribution in [0.25, 0.3) is 0 Å². The average molecular weight is 211 g/mol. The van der Waals surface area contributed by atoms with Gasteiger partial charge in [-0.2, -0.15) is 0 Å². The first-order valence-electron chi connectivity index (χ1n) is 5.71. The van der Waals surface area contributed by atoms with Crippen molar-refractivity contribution >= 4 is 5.91 Å². The Morgan fingerprint density at radius 3 is 2.93 bits per heavy atom. The molecule has 0 saturated carbocycles. The van der Waals surface area contributed by atoms with E-state index in [9.17, 15) is 4.79 Å². The molecule has 3 heteroatoms. The van der Waals surface area contributed by atoms with E-state index >= 15 is 0 Å². The number of ether oxygens (including phenoxy) is 1. The van der Waals surface area contributed by atoms with Gasteiger partial charge in [0, 0.05) is 19.6 Å². The molecule has 15 heavy (non-hydrogen) atoms. The molecule has 0 aromatic rings. The van der Waals surface area contributed by atoms with E-state index in [0.29, 0.717) is 19.1 Å². The van der Waals surface area contributed by atoms with Crippen LogP contribution in [0.5, 0.6) is 0 Å². The van der Waals surface area contributed by atoms with Gasteiger partial charge in [0.15, 0.2) is 0 Å². The highest BCUT2D eigenvalue weighted by Gasteiger charge is 2.14. The standard InChI is InChI=1S/C12H21NO2/c1-10(2)9-13-12(14)7-6-11-5-3-4-8-15-11/h11H,1,3-9H2,2H3,(H,13,14). The summed E-state index contributed by atoms with van der Waals surface area (Å²) in [5.74, 6) is 0.104. The highest BCUT2D eigenvalue weighted by Crippen LogP contribution is 2.16. The maximum atomic E-state index is 11.4. The lowest BCUT2D eigenvalue weighted by atomic mass is 10.0. The summed E-state index contributed by atoms with van der Waals surface area (Å²) in [5.41, 5.74) is 0.984. The zero-order chi connectivity index (χ0) is 11.1. The first-order valence-corrected chi connectivity index (χ1v) is 5.71. The van der Waals surface area contributed by atoms with Gasteiger partial charge in [-0.05, 0) is 32.6 Å². The smallest absolute Gasteiger partial charge is 0.220 e. The minimum absolute atomic E-state index is 0.104. The van der Waals surface area contributed by atoms with Crippen molar-refractivity contribution in [3.8, 4) is 0 Å². The quantitative estimate of drug-likeness (QED) is 0.707. The van der Waals surface area contributed by atoms with Crippen LogP contribution < -0.4 is 5.32 Å². The maximum Gasteiger partial charge on any atom is 0.220 e. The Bertz CT molecular complexity index is 220. The zero-order valence-corrected chi connectivity index (χ0v) is 9.55. The van der Waals surface area contributed by atoms with Crippen LogP contribution in [0.3, 0.4) is 0 Å². The third-order valence-corrected chi connectivity index (χ3v) is 2.55. The molecule has 1 rings (SSSR count). The molecule has 0 radical (unpaired) electrons. The minimum Gasteiger partial charge on any atom is -0.378 e.